The molecule has 0 aliphatic rings. The van der Waals surface area contributed by atoms with Crippen LogP contribution in [0.1, 0.15) is 56.6 Å². The number of hydrogen-bond donors (Lipinski definition) is 4. The van der Waals surface area contributed by atoms with Crippen LogP contribution in [0.3, 0.4) is 0 Å². The molecule has 2 heterocycles. The van der Waals surface area contributed by atoms with Crippen LogP contribution >= 0.6 is 0 Å². The van der Waals surface area contributed by atoms with Crippen molar-refractivity contribution in [2.45, 2.75) is 58.9 Å². The van der Waals surface area contributed by atoms with Gasteiger partial charge in [0, 0.05) is 30.4 Å². The van der Waals surface area contributed by atoms with Crippen LogP contribution in [0.15, 0.2) is 35.3 Å². The van der Waals surface area contributed by atoms with Gasteiger partial charge in [0.1, 0.15) is 5.65 Å². The standard InChI is InChI=1S/C22H29N5O2/c1-3-4-5-6-7-8-18(28)25-22-26-20-19(21(29)27-22)16(14-24-20)13-23-17-11-9-15(2)10-12-17/h9-12,14,23H,3-8,13H2,1-2H3,(H3,24,25,26,27,28,29). The fourth-order valence-corrected chi connectivity index (χ4v) is 3.25. The van der Waals surface area contributed by atoms with Crippen LogP contribution < -0.4 is 16.2 Å². The predicted molar refractivity (Wildman–Crippen MR) is 117 cm³/mol. The van der Waals surface area contributed by atoms with Gasteiger partial charge in [0.05, 0.1) is 5.39 Å². The second-order valence-corrected chi connectivity index (χ2v) is 7.38. The number of rotatable bonds is 10. The zero-order valence-corrected chi connectivity index (χ0v) is 17.1. The topological polar surface area (TPSA) is 103 Å². The molecule has 7 nitrogen and oxygen atoms in total. The van der Waals surface area contributed by atoms with Gasteiger partial charge in [-0.2, -0.15) is 4.98 Å². The first kappa shape index (κ1) is 20.6. The summed E-state index contributed by atoms with van der Waals surface area (Å²) in [7, 11) is 0. The van der Waals surface area contributed by atoms with Crippen molar-refractivity contribution in [3.63, 3.8) is 0 Å². The Balaban J connectivity index is 1.62. The molecule has 2 aromatic heterocycles. The van der Waals surface area contributed by atoms with Crippen molar-refractivity contribution in [1.82, 2.24) is 15.0 Å². The number of amides is 1. The molecule has 0 fully saturated rings. The predicted octanol–water partition coefficient (Wildman–Crippen LogP) is 4.47. The molecule has 4 N–H and O–H groups in total. The fraction of sp³-hybridized carbons (Fsp3) is 0.409. The van der Waals surface area contributed by atoms with Crippen LogP contribution in [0, 0.1) is 6.92 Å². The lowest BCUT2D eigenvalue weighted by Crippen LogP contribution is -2.18. The van der Waals surface area contributed by atoms with Crippen LogP contribution in [0.5, 0.6) is 0 Å². The molecular formula is C22H29N5O2. The van der Waals surface area contributed by atoms with Gasteiger partial charge in [0.25, 0.3) is 5.56 Å². The number of fused-ring (bicyclic) bond motifs is 1. The van der Waals surface area contributed by atoms with Gasteiger partial charge in [0.15, 0.2) is 0 Å². The first-order chi connectivity index (χ1) is 14.1. The third kappa shape index (κ3) is 5.70. The van der Waals surface area contributed by atoms with Crippen molar-refractivity contribution in [3.05, 3.63) is 51.9 Å². The molecule has 0 aliphatic carbocycles. The average Bonchev–Trinajstić information content (AvgIpc) is 3.11. The van der Waals surface area contributed by atoms with Crippen molar-refractivity contribution in [2.75, 3.05) is 10.6 Å². The first-order valence-electron chi connectivity index (χ1n) is 10.3. The summed E-state index contributed by atoms with van der Waals surface area (Å²) < 4.78 is 0. The van der Waals surface area contributed by atoms with Gasteiger partial charge in [-0.15, -0.1) is 0 Å². The van der Waals surface area contributed by atoms with E-state index in [1.165, 1.54) is 18.4 Å². The van der Waals surface area contributed by atoms with Crippen LogP contribution in [-0.4, -0.2) is 20.9 Å². The Morgan fingerprint density at radius 3 is 2.62 bits per heavy atom. The van der Waals surface area contributed by atoms with E-state index in [1.54, 1.807) is 6.20 Å². The normalized spacial score (nSPS) is 11.0. The van der Waals surface area contributed by atoms with Crippen molar-refractivity contribution < 1.29 is 4.79 Å². The Bertz CT molecular complexity index is 1000. The van der Waals surface area contributed by atoms with Crippen molar-refractivity contribution in [2.24, 2.45) is 0 Å². The van der Waals surface area contributed by atoms with E-state index < -0.39 is 0 Å². The zero-order valence-electron chi connectivity index (χ0n) is 17.1. The zero-order chi connectivity index (χ0) is 20.6. The summed E-state index contributed by atoms with van der Waals surface area (Å²) in [5.41, 5.74) is 3.20. The third-order valence-electron chi connectivity index (χ3n) is 4.92. The molecule has 0 spiro atoms. The van der Waals surface area contributed by atoms with Crippen LogP contribution in [0.4, 0.5) is 11.6 Å². The molecule has 0 atom stereocenters. The van der Waals surface area contributed by atoms with Gasteiger partial charge < -0.3 is 10.3 Å². The van der Waals surface area contributed by atoms with Crippen molar-refractivity contribution in [1.29, 1.82) is 0 Å². The van der Waals surface area contributed by atoms with Gasteiger partial charge in [0.2, 0.25) is 11.9 Å². The molecule has 0 unspecified atom stereocenters. The Hall–Kier alpha value is -3.09. The molecular weight excluding hydrogens is 366 g/mol. The highest BCUT2D eigenvalue weighted by atomic mass is 16.2. The van der Waals surface area contributed by atoms with Gasteiger partial charge in [-0.3, -0.25) is 19.9 Å². The molecule has 0 aliphatic heterocycles. The van der Waals surface area contributed by atoms with E-state index in [9.17, 15) is 9.59 Å². The minimum absolute atomic E-state index is 0.128. The molecule has 0 radical (unpaired) electrons. The maximum Gasteiger partial charge on any atom is 0.262 e. The fourth-order valence-electron chi connectivity index (χ4n) is 3.25. The molecule has 3 aromatic rings. The largest absolute Gasteiger partial charge is 0.381 e. The second-order valence-electron chi connectivity index (χ2n) is 7.38. The molecule has 0 saturated heterocycles. The Morgan fingerprint density at radius 1 is 1.10 bits per heavy atom. The average molecular weight is 396 g/mol. The maximum absolute atomic E-state index is 12.6. The molecule has 0 bridgehead atoms. The summed E-state index contributed by atoms with van der Waals surface area (Å²) in [5, 5.41) is 6.51. The lowest BCUT2D eigenvalue weighted by Gasteiger charge is -2.06. The highest BCUT2D eigenvalue weighted by Gasteiger charge is 2.12. The number of H-pyrrole nitrogens is 2. The lowest BCUT2D eigenvalue weighted by molar-refractivity contribution is -0.116. The number of aromatic amines is 2. The highest BCUT2D eigenvalue weighted by molar-refractivity contribution is 5.90. The number of benzene rings is 1. The number of anilines is 2. The molecule has 1 aromatic carbocycles. The van der Waals surface area contributed by atoms with E-state index in [4.69, 9.17) is 0 Å². The second kappa shape index (κ2) is 9.91. The van der Waals surface area contributed by atoms with Crippen LogP contribution in [0.2, 0.25) is 0 Å². The van der Waals surface area contributed by atoms with Crippen LogP contribution in [0.25, 0.3) is 11.0 Å². The van der Waals surface area contributed by atoms with E-state index in [0.29, 0.717) is 24.0 Å². The number of aryl methyl sites for hydroxylation is 1. The minimum atomic E-state index is -0.268. The van der Waals surface area contributed by atoms with E-state index in [-0.39, 0.29) is 17.4 Å². The lowest BCUT2D eigenvalue weighted by atomic mass is 10.1. The van der Waals surface area contributed by atoms with Gasteiger partial charge >= 0.3 is 0 Å². The van der Waals surface area contributed by atoms with Gasteiger partial charge in [-0.05, 0) is 25.5 Å². The SMILES string of the molecule is CCCCCCCC(=O)Nc1nc2[nH]cc(CNc3ccc(C)cc3)c2c(=O)[nH]1. The maximum atomic E-state index is 12.6. The molecule has 1 amide bonds. The summed E-state index contributed by atoms with van der Waals surface area (Å²) in [6.07, 6.45) is 7.60. The number of unbranched alkanes of at least 4 members (excludes halogenated alkanes) is 4. The summed E-state index contributed by atoms with van der Waals surface area (Å²) in [4.78, 5) is 34.7. The Morgan fingerprint density at radius 2 is 1.86 bits per heavy atom. The third-order valence-corrected chi connectivity index (χ3v) is 4.92. The molecule has 3 rings (SSSR count). The molecule has 154 valence electrons. The Kier molecular flexibility index (Phi) is 7.05. The smallest absolute Gasteiger partial charge is 0.262 e. The van der Waals surface area contributed by atoms with E-state index >= 15 is 0 Å². The van der Waals surface area contributed by atoms with Crippen molar-refractivity contribution in [3.8, 4) is 0 Å². The first-order valence-corrected chi connectivity index (χ1v) is 10.3. The number of hydrogen-bond acceptors (Lipinski definition) is 4. The molecule has 7 heteroatoms. The van der Waals surface area contributed by atoms with E-state index in [0.717, 1.165) is 30.5 Å². The number of nitrogens with one attached hydrogen (secondary N) is 4. The number of nitrogens with zero attached hydrogens (tertiary/aromatic N) is 1. The highest BCUT2D eigenvalue weighted by Crippen LogP contribution is 2.16. The van der Waals surface area contributed by atoms with Gasteiger partial charge in [-0.1, -0.05) is 50.3 Å². The minimum Gasteiger partial charge on any atom is -0.381 e. The molecule has 29 heavy (non-hydrogen) atoms. The quantitative estimate of drug-likeness (QED) is 0.380. The van der Waals surface area contributed by atoms with Crippen LogP contribution in [-0.2, 0) is 11.3 Å². The molecule has 0 saturated carbocycles. The Labute approximate surface area is 170 Å². The summed E-state index contributed by atoms with van der Waals surface area (Å²) >= 11 is 0. The monoisotopic (exact) mass is 395 g/mol. The van der Waals surface area contributed by atoms with Gasteiger partial charge in [-0.25, -0.2) is 0 Å². The van der Waals surface area contributed by atoms with E-state index in [2.05, 4.69) is 32.5 Å². The number of carbonyl (C=O) groups excluding carboxylic acids is 1. The number of carbonyl (C=O) groups is 1. The summed E-state index contributed by atoms with van der Waals surface area (Å²) in [6, 6.07) is 8.07. The summed E-state index contributed by atoms with van der Waals surface area (Å²) in [6.45, 7) is 4.70. The number of aromatic nitrogens is 3. The van der Waals surface area contributed by atoms with Crippen molar-refractivity contribution >= 4 is 28.6 Å². The summed E-state index contributed by atoms with van der Waals surface area (Å²) in [5.74, 6) is 0.0535. The van der Waals surface area contributed by atoms with E-state index in [1.807, 2.05) is 31.2 Å².